The molecule has 0 atom stereocenters. The third-order valence-corrected chi connectivity index (χ3v) is 3.06. The van der Waals surface area contributed by atoms with E-state index in [1.54, 1.807) is 0 Å². The largest absolute Gasteiger partial charge is 0.383 e. The van der Waals surface area contributed by atoms with E-state index in [1.165, 1.54) is 11.1 Å². The maximum absolute atomic E-state index is 5.89. The lowest BCUT2D eigenvalue weighted by atomic mass is 10.0. The molecular formula is C17H20N4. The van der Waals surface area contributed by atoms with Crippen molar-refractivity contribution >= 4 is 22.7 Å². The Bertz CT molecular complexity index is 723. The molecule has 0 bridgehead atoms. The zero-order chi connectivity index (χ0) is 15.2. The monoisotopic (exact) mass is 280 g/mol. The minimum absolute atomic E-state index is 0.209. The molecule has 108 valence electrons. The van der Waals surface area contributed by atoms with Gasteiger partial charge in [0.1, 0.15) is 5.82 Å². The molecule has 0 aliphatic heterocycles. The third-order valence-electron chi connectivity index (χ3n) is 3.06. The first kappa shape index (κ1) is 14.8. The summed E-state index contributed by atoms with van der Waals surface area (Å²) >= 11 is 0. The maximum Gasteiger partial charge on any atom is 0.222 e. The minimum Gasteiger partial charge on any atom is -0.383 e. The Morgan fingerprint density at radius 3 is 2.29 bits per heavy atom. The van der Waals surface area contributed by atoms with E-state index < -0.39 is 0 Å². The highest BCUT2D eigenvalue weighted by molar-refractivity contribution is 5.89. The van der Waals surface area contributed by atoms with E-state index in [0.29, 0.717) is 5.82 Å². The molecule has 3 rings (SSSR count). The van der Waals surface area contributed by atoms with E-state index in [0.717, 1.165) is 17.3 Å². The van der Waals surface area contributed by atoms with E-state index in [-0.39, 0.29) is 5.95 Å². The standard InChI is InChI=1S/C15H14N4.C2H6/c16-14-12-9-11(8-10-4-2-1-3-5-10)6-7-13(12)18-15(17)19-14;1-2/h1-7,9H,8H2,(H4,16,17,18,19);1-2H3. The van der Waals surface area contributed by atoms with Crippen LogP contribution < -0.4 is 11.5 Å². The first-order valence-corrected chi connectivity index (χ1v) is 7.08. The van der Waals surface area contributed by atoms with Crippen molar-refractivity contribution in [1.82, 2.24) is 9.97 Å². The Balaban J connectivity index is 0.000000774. The molecule has 0 unspecified atom stereocenters. The van der Waals surface area contributed by atoms with Crippen molar-refractivity contribution in [2.45, 2.75) is 20.3 Å². The van der Waals surface area contributed by atoms with Gasteiger partial charge in [-0.25, -0.2) is 4.98 Å². The van der Waals surface area contributed by atoms with Gasteiger partial charge in [0.25, 0.3) is 0 Å². The first-order chi connectivity index (χ1) is 10.2. The molecule has 0 radical (unpaired) electrons. The van der Waals surface area contributed by atoms with Crippen LogP contribution in [0.5, 0.6) is 0 Å². The zero-order valence-electron chi connectivity index (χ0n) is 12.4. The summed E-state index contributed by atoms with van der Waals surface area (Å²) in [5.41, 5.74) is 14.7. The molecule has 0 aliphatic carbocycles. The van der Waals surface area contributed by atoms with Crippen molar-refractivity contribution in [3.8, 4) is 0 Å². The average molecular weight is 280 g/mol. The second-order valence-electron chi connectivity index (χ2n) is 4.48. The van der Waals surface area contributed by atoms with Gasteiger partial charge in [-0.05, 0) is 29.7 Å². The highest BCUT2D eigenvalue weighted by Gasteiger charge is 2.04. The quantitative estimate of drug-likeness (QED) is 0.754. The van der Waals surface area contributed by atoms with Gasteiger partial charge in [0, 0.05) is 5.39 Å². The van der Waals surface area contributed by atoms with Gasteiger partial charge in [-0.3, -0.25) is 0 Å². The molecule has 4 nitrogen and oxygen atoms in total. The van der Waals surface area contributed by atoms with Crippen molar-refractivity contribution in [1.29, 1.82) is 0 Å². The summed E-state index contributed by atoms with van der Waals surface area (Å²) in [6.07, 6.45) is 0.862. The number of rotatable bonds is 2. The van der Waals surface area contributed by atoms with Gasteiger partial charge < -0.3 is 11.5 Å². The molecule has 1 heterocycles. The second kappa shape index (κ2) is 6.70. The predicted molar refractivity (Wildman–Crippen MR) is 89.0 cm³/mol. The summed E-state index contributed by atoms with van der Waals surface area (Å²) in [7, 11) is 0. The Kier molecular flexibility index (Phi) is 4.72. The third kappa shape index (κ3) is 3.48. The van der Waals surface area contributed by atoms with E-state index >= 15 is 0 Å². The van der Waals surface area contributed by atoms with Gasteiger partial charge in [-0.1, -0.05) is 50.2 Å². The van der Waals surface area contributed by atoms with E-state index in [1.807, 2.05) is 50.2 Å². The SMILES string of the molecule is CC.Nc1nc(N)c2cc(Cc3ccccc3)ccc2n1. The van der Waals surface area contributed by atoms with Crippen LogP contribution in [-0.2, 0) is 6.42 Å². The van der Waals surface area contributed by atoms with Crippen molar-refractivity contribution < 1.29 is 0 Å². The number of hydrogen-bond donors (Lipinski definition) is 2. The van der Waals surface area contributed by atoms with Gasteiger partial charge >= 0.3 is 0 Å². The highest BCUT2D eigenvalue weighted by Crippen LogP contribution is 2.21. The van der Waals surface area contributed by atoms with Gasteiger partial charge in [0.15, 0.2) is 0 Å². The molecule has 0 fully saturated rings. The number of fused-ring (bicyclic) bond motifs is 1. The highest BCUT2D eigenvalue weighted by atomic mass is 15.0. The van der Waals surface area contributed by atoms with Crippen molar-refractivity contribution in [3.05, 3.63) is 59.7 Å². The van der Waals surface area contributed by atoms with Crippen LogP contribution >= 0.6 is 0 Å². The fourth-order valence-corrected chi connectivity index (χ4v) is 2.16. The van der Waals surface area contributed by atoms with Crippen LogP contribution in [0.3, 0.4) is 0 Å². The maximum atomic E-state index is 5.89. The number of hydrogen-bond acceptors (Lipinski definition) is 4. The summed E-state index contributed by atoms with van der Waals surface area (Å²) in [6.45, 7) is 4.00. The lowest BCUT2D eigenvalue weighted by Crippen LogP contribution is -2.01. The summed E-state index contributed by atoms with van der Waals surface area (Å²) in [4.78, 5) is 8.17. The Morgan fingerprint density at radius 2 is 1.57 bits per heavy atom. The van der Waals surface area contributed by atoms with Crippen LogP contribution in [0.2, 0.25) is 0 Å². The first-order valence-electron chi connectivity index (χ1n) is 7.08. The number of nitrogens with two attached hydrogens (primary N) is 2. The lowest BCUT2D eigenvalue weighted by molar-refractivity contribution is 1.19. The molecule has 3 aromatic rings. The smallest absolute Gasteiger partial charge is 0.222 e. The summed E-state index contributed by atoms with van der Waals surface area (Å²) in [5, 5.41) is 0.850. The minimum atomic E-state index is 0.209. The van der Waals surface area contributed by atoms with Gasteiger partial charge in [0.05, 0.1) is 5.52 Å². The van der Waals surface area contributed by atoms with Crippen LogP contribution in [0.4, 0.5) is 11.8 Å². The molecule has 0 saturated heterocycles. The van der Waals surface area contributed by atoms with Crippen LogP contribution in [0.1, 0.15) is 25.0 Å². The molecule has 4 N–H and O–H groups in total. The normalized spacial score (nSPS) is 10.0. The molecule has 0 aliphatic rings. The van der Waals surface area contributed by atoms with E-state index in [4.69, 9.17) is 11.5 Å². The molecule has 0 saturated carbocycles. The Labute approximate surface area is 124 Å². The lowest BCUT2D eigenvalue weighted by Gasteiger charge is -2.06. The number of benzene rings is 2. The van der Waals surface area contributed by atoms with Gasteiger partial charge in [0.2, 0.25) is 5.95 Å². The van der Waals surface area contributed by atoms with Gasteiger partial charge in [-0.15, -0.1) is 0 Å². The van der Waals surface area contributed by atoms with Crippen LogP contribution in [0, 0.1) is 0 Å². The number of nitrogens with zero attached hydrogens (tertiary/aromatic N) is 2. The molecule has 2 aromatic carbocycles. The Hall–Kier alpha value is -2.62. The summed E-state index contributed by atoms with van der Waals surface area (Å²) < 4.78 is 0. The van der Waals surface area contributed by atoms with Crippen molar-refractivity contribution in [3.63, 3.8) is 0 Å². The fraction of sp³-hybridized carbons (Fsp3) is 0.176. The van der Waals surface area contributed by atoms with Crippen molar-refractivity contribution in [2.75, 3.05) is 11.5 Å². The van der Waals surface area contributed by atoms with Crippen LogP contribution in [0.15, 0.2) is 48.5 Å². The summed E-state index contributed by atoms with van der Waals surface area (Å²) in [5.74, 6) is 0.637. The fourth-order valence-electron chi connectivity index (χ4n) is 2.16. The molecule has 4 heteroatoms. The zero-order valence-corrected chi connectivity index (χ0v) is 12.4. The van der Waals surface area contributed by atoms with Crippen LogP contribution in [0.25, 0.3) is 10.9 Å². The van der Waals surface area contributed by atoms with Gasteiger partial charge in [-0.2, -0.15) is 4.98 Å². The van der Waals surface area contributed by atoms with Crippen LogP contribution in [-0.4, -0.2) is 9.97 Å². The number of nitrogen functional groups attached to an aromatic ring is 2. The average Bonchev–Trinajstić information content (AvgIpc) is 2.51. The van der Waals surface area contributed by atoms with Crippen molar-refractivity contribution in [2.24, 2.45) is 0 Å². The van der Waals surface area contributed by atoms with E-state index in [9.17, 15) is 0 Å². The summed E-state index contributed by atoms with van der Waals surface area (Å²) in [6, 6.07) is 16.3. The second-order valence-corrected chi connectivity index (χ2v) is 4.48. The predicted octanol–water partition coefficient (Wildman–Crippen LogP) is 3.41. The Morgan fingerprint density at radius 1 is 0.857 bits per heavy atom. The molecule has 21 heavy (non-hydrogen) atoms. The number of anilines is 2. The molecule has 0 amide bonds. The molecule has 0 spiro atoms. The van der Waals surface area contributed by atoms with E-state index in [2.05, 4.69) is 22.1 Å². The molecule has 1 aromatic heterocycles. The number of aromatic nitrogens is 2. The topological polar surface area (TPSA) is 77.8 Å². The molecular weight excluding hydrogens is 260 g/mol.